The van der Waals surface area contributed by atoms with E-state index in [0.29, 0.717) is 0 Å². The zero-order chi connectivity index (χ0) is 17.1. The number of amides is 1. The number of pyridine rings is 1. The molecule has 0 radical (unpaired) electrons. The SMILES string of the molecule is Cc1ccc(/C=N/NC(=O)c2nc(Cl)c(Cl)c(N)c2Cl)c(C)c1. The van der Waals surface area contributed by atoms with Crippen molar-refractivity contribution in [2.45, 2.75) is 13.8 Å². The van der Waals surface area contributed by atoms with Crippen LogP contribution in [0.2, 0.25) is 15.2 Å². The number of aryl methyl sites for hydroxylation is 2. The molecule has 3 N–H and O–H groups in total. The summed E-state index contributed by atoms with van der Waals surface area (Å²) in [4.78, 5) is 15.9. The first kappa shape index (κ1) is 17.5. The van der Waals surface area contributed by atoms with Gasteiger partial charge in [-0.1, -0.05) is 58.6 Å². The molecule has 120 valence electrons. The summed E-state index contributed by atoms with van der Waals surface area (Å²) < 4.78 is 0. The van der Waals surface area contributed by atoms with Gasteiger partial charge in [-0.2, -0.15) is 5.10 Å². The number of hydrogen-bond acceptors (Lipinski definition) is 4. The van der Waals surface area contributed by atoms with Crippen molar-refractivity contribution in [3.05, 3.63) is 55.8 Å². The summed E-state index contributed by atoms with van der Waals surface area (Å²) in [7, 11) is 0. The van der Waals surface area contributed by atoms with E-state index in [9.17, 15) is 4.79 Å². The van der Waals surface area contributed by atoms with Gasteiger partial charge in [0.05, 0.1) is 16.9 Å². The van der Waals surface area contributed by atoms with Crippen molar-refractivity contribution in [2.24, 2.45) is 5.10 Å². The Bertz CT molecular complexity index is 806. The van der Waals surface area contributed by atoms with Crippen molar-refractivity contribution in [3.63, 3.8) is 0 Å². The molecule has 0 unspecified atom stereocenters. The second-order valence-electron chi connectivity index (χ2n) is 4.85. The first-order chi connectivity index (χ1) is 10.8. The van der Waals surface area contributed by atoms with Crippen LogP contribution in [-0.2, 0) is 0 Å². The van der Waals surface area contributed by atoms with E-state index < -0.39 is 5.91 Å². The first-order valence-electron chi connectivity index (χ1n) is 6.52. The molecule has 0 atom stereocenters. The maximum Gasteiger partial charge on any atom is 0.291 e. The average molecular weight is 372 g/mol. The highest BCUT2D eigenvalue weighted by molar-refractivity contribution is 6.46. The number of carbonyl (C=O) groups is 1. The molecule has 0 aliphatic carbocycles. The monoisotopic (exact) mass is 370 g/mol. The molecule has 0 saturated heterocycles. The Morgan fingerprint density at radius 3 is 2.61 bits per heavy atom. The van der Waals surface area contributed by atoms with Crippen LogP contribution in [0, 0.1) is 13.8 Å². The summed E-state index contributed by atoms with van der Waals surface area (Å²) in [6, 6.07) is 5.87. The van der Waals surface area contributed by atoms with E-state index in [-0.39, 0.29) is 26.6 Å². The molecule has 1 amide bonds. The van der Waals surface area contributed by atoms with Crippen LogP contribution in [0.5, 0.6) is 0 Å². The van der Waals surface area contributed by atoms with Crippen LogP contribution in [0.25, 0.3) is 0 Å². The molecule has 1 heterocycles. The Morgan fingerprint density at radius 1 is 1.26 bits per heavy atom. The lowest BCUT2D eigenvalue weighted by Gasteiger charge is -2.07. The van der Waals surface area contributed by atoms with E-state index >= 15 is 0 Å². The number of hydrogen-bond donors (Lipinski definition) is 2. The number of nitrogens with one attached hydrogen (secondary N) is 1. The van der Waals surface area contributed by atoms with Gasteiger partial charge in [0.1, 0.15) is 5.02 Å². The Kier molecular flexibility index (Phi) is 5.46. The Hall–Kier alpha value is -1.82. The van der Waals surface area contributed by atoms with Crippen molar-refractivity contribution in [1.82, 2.24) is 10.4 Å². The molecule has 8 heteroatoms. The number of hydrazone groups is 1. The maximum absolute atomic E-state index is 12.1. The molecule has 2 aromatic rings. The molecule has 0 fully saturated rings. The number of carbonyl (C=O) groups excluding carboxylic acids is 1. The molecule has 5 nitrogen and oxygen atoms in total. The number of benzene rings is 1. The molecular weight excluding hydrogens is 359 g/mol. The highest BCUT2D eigenvalue weighted by Gasteiger charge is 2.19. The van der Waals surface area contributed by atoms with Crippen molar-refractivity contribution < 1.29 is 4.79 Å². The van der Waals surface area contributed by atoms with E-state index in [0.717, 1.165) is 16.7 Å². The van der Waals surface area contributed by atoms with Crippen LogP contribution < -0.4 is 11.2 Å². The molecule has 1 aromatic heterocycles. The van der Waals surface area contributed by atoms with E-state index in [1.165, 1.54) is 6.21 Å². The van der Waals surface area contributed by atoms with Gasteiger partial charge in [0, 0.05) is 0 Å². The van der Waals surface area contributed by atoms with Gasteiger partial charge in [0.15, 0.2) is 10.8 Å². The van der Waals surface area contributed by atoms with E-state index in [4.69, 9.17) is 40.5 Å². The minimum Gasteiger partial charge on any atom is -0.396 e. The van der Waals surface area contributed by atoms with Gasteiger partial charge in [-0.3, -0.25) is 4.79 Å². The highest BCUT2D eigenvalue weighted by Crippen LogP contribution is 2.34. The van der Waals surface area contributed by atoms with Crippen LogP contribution in [0.15, 0.2) is 23.3 Å². The lowest BCUT2D eigenvalue weighted by atomic mass is 10.1. The molecule has 0 aliphatic heterocycles. The zero-order valence-electron chi connectivity index (χ0n) is 12.3. The predicted octanol–water partition coefficient (Wildman–Crippen LogP) is 4.00. The zero-order valence-corrected chi connectivity index (χ0v) is 14.6. The molecule has 23 heavy (non-hydrogen) atoms. The number of nitrogen functional groups attached to an aromatic ring is 1. The van der Waals surface area contributed by atoms with Gasteiger partial charge in [0.25, 0.3) is 5.91 Å². The Balaban J connectivity index is 2.18. The quantitative estimate of drug-likeness (QED) is 0.486. The Labute approximate surface area is 148 Å². The lowest BCUT2D eigenvalue weighted by Crippen LogP contribution is -2.20. The third kappa shape index (κ3) is 3.93. The number of rotatable bonds is 3. The van der Waals surface area contributed by atoms with Gasteiger partial charge in [-0.05, 0) is 25.0 Å². The predicted molar refractivity (Wildman–Crippen MR) is 94.7 cm³/mol. The lowest BCUT2D eigenvalue weighted by molar-refractivity contribution is 0.0950. The fourth-order valence-corrected chi connectivity index (χ4v) is 2.46. The van der Waals surface area contributed by atoms with Crippen molar-refractivity contribution >= 4 is 52.6 Å². The number of nitrogens with zero attached hydrogens (tertiary/aromatic N) is 2. The van der Waals surface area contributed by atoms with Crippen molar-refractivity contribution in [1.29, 1.82) is 0 Å². The highest BCUT2D eigenvalue weighted by atomic mass is 35.5. The molecule has 0 spiro atoms. The number of halogens is 3. The van der Waals surface area contributed by atoms with Gasteiger partial charge >= 0.3 is 0 Å². The molecule has 2 rings (SSSR count). The van der Waals surface area contributed by atoms with Crippen LogP contribution in [0.4, 0.5) is 5.69 Å². The topological polar surface area (TPSA) is 80.4 Å². The van der Waals surface area contributed by atoms with Crippen LogP contribution in [-0.4, -0.2) is 17.1 Å². The largest absolute Gasteiger partial charge is 0.396 e. The molecule has 0 bridgehead atoms. The van der Waals surface area contributed by atoms with E-state index in [1.807, 2.05) is 32.0 Å². The third-order valence-corrected chi connectivity index (χ3v) is 4.22. The second kappa shape index (κ2) is 7.17. The Morgan fingerprint density at radius 2 is 1.96 bits per heavy atom. The summed E-state index contributed by atoms with van der Waals surface area (Å²) in [6.45, 7) is 3.95. The van der Waals surface area contributed by atoms with Crippen LogP contribution in [0.3, 0.4) is 0 Å². The van der Waals surface area contributed by atoms with Crippen LogP contribution in [0.1, 0.15) is 27.2 Å². The van der Waals surface area contributed by atoms with Crippen molar-refractivity contribution in [3.8, 4) is 0 Å². The smallest absolute Gasteiger partial charge is 0.291 e. The van der Waals surface area contributed by atoms with Gasteiger partial charge < -0.3 is 5.73 Å². The van der Waals surface area contributed by atoms with Gasteiger partial charge in [-0.15, -0.1) is 0 Å². The normalized spacial score (nSPS) is 11.0. The molecule has 0 aliphatic rings. The molecule has 0 saturated carbocycles. The molecule has 1 aromatic carbocycles. The van der Waals surface area contributed by atoms with E-state index in [2.05, 4.69) is 15.5 Å². The summed E-state index contributed by atoms with van der Waals surface area (Å²) in [5.41, 5.74) is 10.9. The second-order valence-corrected chi connectivity index (χ2v) is 5.97. The number of nitrogens with two attached hydrogens (primary N) is 1. The summed E-state index contributed by atoms with van der Waals surface area (Å²) >= 11 is 17.6. The fourth-order valence-electron chi connectivity index (χ4n) is 1.87. The third-order valence-electron chi connectivity index (χ3n) is 3.08. The number of aromatic nitrogens is 1. The standard InChI is InChI=1S/C15H13Cl3N4O/c1-7-3-4-9(8(2)5-7)6-20-22-15(23)13-10(16)12(19)11(17)14(18)21-13/h3-6H,1-2H3,(H2,19,21)(H,22,23)/b20-6+. The minimum atomic E-state index is -0.638. The van der Waals surface area contributed by atoms with Crippen LogP contribution >= 0.6 is 34.8 Å². The summed E-state index contributed by atoms with van der Waals surface area (Å²) in [6.07, 6.45) is 1.53. The number of anilines is 1. The van der Waals surface area contributed by atoms with Gasteiger partial charge in [-0.25, -0.2) is 10.4 Å². The first-order valence-corrected chi connectivity index (χ1v) is 7.65. The minimum absolute atomic E-state index is 0.00292. The fraction of sp³-hybridized carbons (Fsp3) is 0.133. The summed E-state index contributed by atoms with van der Waals surface area (Å²) in [5.74, 6) is -0.638. The van der Waals surface area contributed by atoms with Gasteiger partial charge in [0.2, 0.25) is 0 Å². The average Bonchev–Trinajstić information content (AvgIpc) is 2.50. The van der Waals surface area contributed by atoms with E-state index in [1.54, 1.807) is 0 Å². The summed E-state index contributed by atoms with van der Waals surface area (Å²) in [5, 5.41) is 3.73. The van der Waals surface area contributed by atoms with Crippen molar-refractivity contribution in [2.75, 3.05) is 5.73 Å². The maximum atomic E-state index is 12.1. The molecular formula is C15H13Cl3N4O.